The number of nitrogens with zero attached hydrogens (tertiary/aromatic N) is 1. The largest absolute Gasteiger partial charge is 0.494 e. The van der Waals surface area contributed by atoms with Crippen LogP contribution in [0.4, 0.5) is 5.69 Å². The second-order valence-electron chi connectivity index (χ2n) is 7.29. The first-order valence-electron chi connectivity index (χ1n) is 10.3. The number of sulfonamides is 1. The van der Waals surface area contributed by atoms with E-state index in [4.69, 9.17) is 4.74 Å². The molecule has 0 bridgehead atoms. The number of nitrogens with one attached hydrogen (secondary N) is 1. The normalized spacial score (nSPS) is 13.4. The van der Waals surface area contributed by atoms with E-state index in [1.807, 2.05) is 52.0 Å². The molecule has 7 heteroatoms. The summed E-state index contributed by atoms with van der Waals surface area (Å²) in [5.74, 6) is 0.335. The number of hydrogen-bond acceptors (Lipinski definition) is 4. The van der Waals surface area contributed by atoms with Crippen LogP contribution in [0.2, 0.25) is 0 Å². The molecule has 2 aromatic carbocycles. The van der Waals surface area contributed by atoms with Gasteiger partial charge in [-0.1, -0.05) is 43.7 Å². The molecule has 0 fully saturated rings. The van der Waals surface area contributed by atoms with Gasteiger partial charge in [0.2, 0.25) is 15.9 Å². The number of anilines is 1. The van der Waals surface area contributed by atoms with Crippen molar-refractivity contribution in [3.05, 3.63) is 59.7 Å². The molecule has 0 aliphatic heterocycles. The van der Waals surface area contributed by atoms with E-state index in [2.05, 4.69) is 5.32 Å². The summed E-state index contributed by atoms with van der Waals surface area (Å²) in [7, 11) is -3.68. The van der Waals surface area contributed by atoms with Crippen molar-refractivity contribution >= 4 is 21.6 Å². The second-order valence-corrected chi connectivity index (χ2v) is 9.15. The zero-order valence-corrected chi connectivity index (χ0v) is 19.2. The summed E-state index contributed by atoms with van der Waals surface area (Å²) in [6.07, 6.45) is 2.17. The zero-order valence-electron chi connectivity index (χ0n) is 18.4. The fraction of sp³-hybridized carbons (Fsp3) is 0.435. The van der Waals surface area contributed by atoms with Gasteiger partial charge in [-0.25, -0.2) is 8.42 Å². The molecule has 30 heavy (non-hydrogen) atoms. The van der Waals surface area contributed by atoms with Gasteiger partial charge < -0.3 is 10.1 Å². The van der Waals surface area contributed by atoms with E-state index in [9.17, 15) is 13.2 Å². The third-order valence-corrected chi connectivity index (χ3v) is 6.12. The maximum Gasteiger partial charge on any atom is 0.244 e. The molecule has 2 atom stereocenters. The summed E-state index contributed by atoms with van der Waals surface area (Å²) in [6, 6.07) is 13.7. The highest BCUT2D eigenvalue weighted by Crippen LogP contribution is 2.26. The van der Waals surface area contributed by atoms with Crippen molar-refractivity contribution in [3.8, 4) is 5.75 Å². The van der Waals surface area contributed by atoms with Crippen molar-refractivity contribution in [1.29, 1.82) is 0 Å². The van der Waals surface area contributed by atoms with E-state index in [1.165, 1.54) is 4.31 Å². The predicted octanol–water partition coefficient (Wildman–Crippen LogP) is 4.21. The van der Waals surface area contributed by atoms with E-state index in [1.54, 1.807) is 24.3 Å². The SMILES string of the molecule is CCOc1ccc(N([C@@H](CC)C(=O)N[C@@H](CC)c2ccc(C)cc2)S(C)(=O)=O)cc1. The Kier molecular flexibility index (Phi) is 8.29. The number of rotatable bonds is 10. The van der Waals surface area contributed by atoms with Crippen molar-refractivity contribution < 1.29 is 17.9 Å². The van der Waals surface area contributed by atoms with Gasteiger partial charge in [-0.3, -0.25) is 9.10 Å². The Balaban J connectivity index is 2.31. The van der Waals surface area contributed by atoms with Gasteiger partial charge >= 0.3 is 0 Å². The van der Waals surface area contributed by atoms with E-state index < -0.39 is 16.1 Å². The highest BCUT2D eigenvalue weighted by Gasteiger charge is 2.32. The van der Waals surface area contributed by atoms with E-state index in [-0.39, 0.29) is 11.9 Å². The van der Waals surface area contributed by atoms with Gasteiger partial charge in [-0.15, -0.1) is 0 Å². The van der Waals surface area contributed by atoms with E-state index >= 15 is 0 Å². The summed E-state index contributed by atoms with van der Waals surface area (Å²) in [6.45, 7) is 8.21. The van der Waals surface area contributed by atoms with Crippen LogP contribution in [-0.2, 0) is 14.8 Å². The lowest BCUT2D eigenvalue weighted by atomic mass is 10.0. The van der Waals surface area contributed by atoms with Gasteiger partial charge in [0.25, 0.3) is 0 Å². The fourth-order valence-corrected chi connectivity index (χ4v) is 4.62. The molecule has 0 unspecified atom stereocenters. The molecule has 1 N–H and O–H groups in total. The van der Waals surface area contributed by atoms with Crippen LogP contribution in [0.3, 0.4) is 0 Å². The van der Waals surface area contributed by atoms with E-state index in [0.717, 1.165) is 17.4 Å². The van der Waals surface area contributed by atoms with Gasteiger partial charge in [-0.05, 0) is 56.5 Å². The summed E-state index contributed by atoms with van der Waals surface area (Å²) in [5.41, 5.74) is 2.58. The highest BCUT2D eigenvalue weighted by atomic mass is 32.2. The molecule has 6 nitrogen and oxygen atoms in total. The maximum atomic E-state index is 13.2. The minimum absolute atomic E-state index is 0.186. The number of benzene rings is 2. The molecule has 0 aliphatic rings. The van der Waals surface area contributed by atoms with Crippen LogP contribution < -0.4 is 14.4 Å². The standard InChI is InChI=1S/C23H32N2O4S/c1-6-21(18-11-9-17(4)10-12-18)24-23(26)22(7-2)25(30(5,27)28)19-13-15-20(16-14-19)29-8-3/h9-16,21-22H,6-8H2,1-5H3,(H,24,26)/t21-,22-/m0/s1. The molecule has 0 saturated heterocycles. The summed E-state index contributed by atoms with van der Waals surface area (Å²) in [5, 5.41) is 3.04. The minimum atomic E-state index is -3.68. The van der Waals surface area contributed by atoms with Crippen LogP contribution in [0.5, 0.6) is 5.75 Å². The first-order chi connectivity index (χ1) is 14.2. The number of carbonyl (C=O) groups excluding carboxylic acids is 1. The summed E-state index contributed by atoms with van der Waals surface area (Å²) in [4.78, 5) is 13.2. The Bertz CT molecular complexity index is 925. The number of carbonyl (C=O) groups is 1. The Morgan fingerprint density at radius 2 is 1.60 bits per heavy atom. The van der Waals surface area contributed by atoms with Crippen LogP contribution >= 0.6 is 0 Å². The molecular formula is C23H32N2O4S. The smallest absolute Gasteiger partial charge is 0.244 e. The van der Waals surface area contributed by atoms with Crippen molar-refractivity contribution in [2.75, 3.05) is 17.2 Å². The molecule has 0 spiro atoms. The number of hydrogen-bond donors (Lipinski definition) is 1. The molecule has 164 valence electrons. The number of amides is 1. The molecule has 0 heterocycles. The van der Waals surface area contributed by atoms with Gasteiger partial charge in [0.1, 0.15) is 11.8 Å². The summed E-state index contributed by atoms with van der Waals surface area (Å²) >= 11 is 0. The molecule has 2 rings (SSSR count). The van der Waals surface area contributed by atoms with Crippen molar-refractivity contribution in [2.45, 2.75) is 52.6 Å². The lowest BCUT2D eigenvalue weighted by molar-refractivity contribution is -0.123. The summed E-state index contributed by atoms with van der Waals surface area (Å²) < 4.78 is 31.9. The molecule has 0 radical (unpaired) electrons. The highest BCUT2D eigenvalue weighted by molar-refractivity contribution is 7.92. The van der Waals surface area contributed by atoms with Crippen LogP contribution in [0, 0.1) is 6.92 Å². The Morgan fingerprint density at radius 3 is 2.07 bits per heavy atom. The second kappa shape index (κ2) is 10.5. The van der Waals surface area contributed by atoms with Gasteiger partial charge in [-0.2, -0.15) is 0 Å². The Hall–Kier alpha value is -2.54. The first-order valence-corrected chi connectivity index (χ1v) is 12.1. The Morgan fingerprint density at radius 1 is 1.00 bits per heavy atom. The lowest BCUT2D eigenvalue weighted by Gasteiger charge is -2.31. The maximum absolute atomic E-state index is 13.2. The van der Waals surface area contributed by atoms with Crippen LogP contribution in [0.15, 0.2) is 48.5 Å². The van der Waals surface area contributed by atoms with E-state index in [0.29, 0.717) is 30.9 Å². The monoisotopic (exact) mass is 432 g/mol. The molecular weight excluding hydrogens is 400 g/mol. The molecule has 0 aliphatic carbocycles. The first kappa shape index (κ1) is 23.7. The van der Waals surface area contributed by atoms with Crippen LogP contribution in [-0.4, -0.2) is 33.2 Å². The molecule has 0 aromatic heterocycles. The van der Waals surface area contributed by atoms with Crippen LogP contribution in [0.1, 0.15) is 50.8 Å². The average molecular weight is 433 g/mol. The van der Waals surface area contributed by atoms with Crippen molar-refractivity contribution in [3.63, 3.8) is 0 Å². The predicted molar refractivity (Wildman–Crippen MR) is 121 cm³/mol. The minimum Gasteiger partial charge on any atom is -0.494 e. The molecule has 1 amide bonds. The molecule has 2 aromatic rings. The van der Waals surface area contributed by atoms with Crippen LogP contribution in [0.25, 0.3) is 0 Å². The fourth-order valence-electron chi connectivity index (χ4n) is 3.40. The van der Waals surface area contributed by atoms with Crippen molar-refractivity contribution in [2.24, 2.45) is 0 Å². The van der Waals surface area contributed by atoms with Gasteiger partial charge in [0.15, 0.2) is 0 Å². The van der Waals surface area contributed by atoms with Gasteiger partial charge in [0.05, 0.1) is 24.6 Å². The van der Waals surface area contributed by atoms with Gasteiger partial charge in [0, 0.05) is 0 Å². The quantitative estimate of drug-likeness (QED) is 0.610. The topological polar surface area (TPSA) is 75.7 Å². The third kappa shape index (κ3) is 5.98. The average Bonchev–Trinajstić information content (AvgIpc) is 2.71. The third-order valence-electron chi connectivity index (χ3n) is 4.94. The molecule has 0 saturated carbocycles. The lowest BCUT2D eigenvalue weighted by Crippen LogP contribution is -2.50. The zero-order chi connectivity index (χ0) is 22.3. The number of ether oxygens (including phenoxy) is 1. The number of aryl methyl sites for hydroxylation is 1. The Labute approximate surface area is 180 Å². The van der Waals surface area contributed by atoms with Crippen molar-refractivity contribution in [1.82, 2.24) is 5.32 Å².